The second kappa shape index (κ2) is 36.7. The van der Waals surface area contributed by atoms with Crippen molar-refractivity contribution in [2.24, 2.45) is 0 Å². The first kappa shape index (κ1) is 44.9. The number of hydrogen-bond donors (Lipinski definition) is 0. The molecule has 7 heteroatoms. The Morgan fingerprint density at radius 3 is 1.38 bits per heavy atom. The van der Waals surface area contributed by atoms with Gasteiger partial charge in [0.1, 0.15) is 6.10 Å². The predicted molar refractivity (Wildman–Crippen MR) is 193 cm³/mol. The highest BCUT2D eigenvalue weighted by atomic mass is 16.5. The average molecular weight is 665 g/mol. The van der Waals surface area contributed by atoms with Crippen molar-refractivity contribution < 1.29 is 33.3 Å². The molecule has 0 aromatic heterocycles. The summed E-state index contributed by atoms with van der Waals surface area (Å²) in [5.41, 5.74) is 0. The molecule has 0 N–H and O–H groups in total. The predicted octanol–water partition coefficient (Wildman–Crippen LogP) is 10.9. The normalized spacial score (nSPS) is 11.6. The zero-order valence-electron chi connectivity index (χ0n) is 30.8. The van der Waals surface area contributed by atoms with E-state index in [2.05, 4.69) is 38.2 Å². The monoisotopic (exact) mass is 665 g/mol. The van der Waals surface area contributed by atoms with Crippen molar-refractivity contribution >= 4 is 17.9 Å². The SMILES string of the molecule is CCCCCC/C=C/CCC(=O)OCCCCCCC(CCCCCCOC(=O)CC/C=C/CCCCCC)OC(=O)CCCOC. The average Bonchev–Trinajstić information content (AvgIpc) is 3.06. The maximum absolute atomic E-state index is 12.4. The van der Waals surface area contributed by atoms with Crippen molar-refractivity contribution in [1.82, 2.24) is 0 Å². The molecule has 274 valence electrons. The van der Waals surface area contributed by atoms with Crippen LogP contribution in [-0.4, -0.2) is 50.9 Å². The number of rotatable bonds is 35. The number of carbonyl (C=O) groups is 3. The van der Waals surface area contributed by atoms with E-state index >= 15 is 0 Å². The molecule has 0 bridgehead atoms. The second-order valence-corrected chi connectivity index (χ2v) is 12.8. The Hall–Kier alpha value is -2.15. The van der Waals surface area contributed by atoms with Gasteiger partial charge in [-0.2, -0.15) is 0 Å². The van der Waals surface area contributed by atoms with Crippen LogP contribution in [0.3, 0.4) is 0 Å². The topological polar surface area (TPSA) is 88.1 Å². The lowest BCUT2D eigenvalue weighted by Gasteiger charge is -2.18. The van der Waals surface area contributed by atoms with Crippen molar-refractivity contribution in [2.45, 2.75) is 187 Å². The number of carbonyl (C=O) groups excluding carboxylic acids is 3. The van der Waals surface area contributed by atoms with E-state index in [-0.39, 0.29) is 24.0 Å². The van der Waals surface area contributed by atoms with Crippen LogP contribution in [0.5, 0.6) is 0 Å². The first-order chi connectivity index (χ1) is 23.0. The van der Waals surface area contributed by atoms with Crippen LogP contribution in [0, 0.1) is 0 Å². The van der Waals surface area contributed by atoms with E-state index in [1.165, 1.54) is 51.4 Å². The molecular weight excluding hydrogens is 592 g/mol. The minimum Gasteiger partial charge on any atom is -0.466 e. The molecule has 0 aliphatic heterocycles. The third kappa shape index (κ3) is 35.0. The summed E-state index contributed by atoms with van der Waals surface area (Å²) in [4.78, 5) is 36.3. The van der Waals surface area contributed by atoms with Gasteiger partial charge in [0.15, 0.2) is 0 Å². The lowest BCUT2D eigenvalue weighted by atomic mass is 10.0. The smallest absolute Gasteiger partial charge is 0.306 e. The minimum absolute atomic E-state index is 0.0694. The molecule has 7 nitrogen and oxygen atoms in total. The Balaban J connectivity index is 4.04. The van der Waals surface area contributed by atoms with Crippen molar-refractivity contribution in [3.8, 4) is 0 Å². The molecule has 0 saturated heterocycles. The first-order valence-electron chi connectivity index (χ1n) is 19.3. The van der Waals surface area contributed by atoms with E-state index in [1.807, 2.05) is 0 Å². The Morgan fingerprint density at radius 2 is 0.915 bits per heavy atom. The van der Waals surface area contributed by atoms with Gasteiger partial charge >= 0.3 is 17.9 Å². The molecule has 0 fully saturated rings. The molecule has 0 unspecified atom stereocenters. The number of esters is 3. The molecule has 0 spiro atoms. The molecule has 0 rings (SSSR count). The zero-order chi connectivity index (χ0) is 34.5. The van der Waals surface area contributed by atoms with Crippen molar-refractivity contribution in [1.29, 1.82) is 0 Å². The quantitative estimate of drug-likeness (QED) is 0.0288. The Kier molecular flexibility index (Phi) is 35.0. The van der Waals surface area contributed by atoms with Crippen molar-refractivity contribution in [3.05, 3.63) is 24.3 Å². The van der Waals surface area contributed by atoms with Gasteiger partial charge in [-0.15, -0.1) is 0 Å². The lowest BCUT2D eigenvalue weighted by Crippen LogP contribution is -2.18. The highest BCUT2D eigenvalue weighted by Crippen LogP contribution is 2.17. The van der Waals surface area contributed by atoms with E-state index in [4.69, 9.17) is 18.9 Å². The van der Waals surface area contributed by atoms with Gasteiger partial charge in [-0.1, -0.05) is 102 Å². The maximum Gasteiger partial charge on any atom is 0.306 e. The molecule has 0 saturated carbocycles. The van der Waals surface area contributed by atoms with Crippen molar-refractivity contribution in [3.63, 3.8) is 0 Å². The Labute approximate surface area is 289 Å². The largest absolute Gasteiger partial charge is 0.466 e. The summed E-state index contributed by atoms with van der Waals surface area (Å²) in [6.07, 6.45) is 33.7. The van der Waals surface area contributed by atoms with Gasteiger partial charge in [-0.05, 0) is 83.5 Å². The van der Waals surface area contributed by atoms with Crippen LogP contribution in [0.2, 0.25) is 0 Å². The van der Waals surface area contributed by atoms with Gasteiger partial charge in [0.05, 0.1) is 13.2 Å². The highest BCUT2D eigenvalue weighted by Gasteiger charge is 2.14. The number of ether oxygens (including phenoxy) is 4. The van der Waals surface area contributed by atoms with Crippen LogP contribution in [0.4, 0.5) is 0 Å². The van der Waals surface area contributed by atoms with Crippen LogP contribution in [0.1, 0.15) is 181 Å². The molecule has 0 radical (unpaired) electrons. The number of allylic oxidation sites excluding steroid dienone is 4. The van der Waals surface area contributed by atoms with E-state index in [0.29, 0.717) is 45.5 Å². The summed E-state index contributed by atoms with van der Waals surface area (Å²) < 4.78 is 21.7. The zero-order valence-corrected chi connectivity index (χ0v) is 30.8. The number of methoxy groups -OCH3 is 1. The molecular formula is C40H72O7. The summed E-state index contributed by atoms with van der Waals surface area (Å²) in [7, 11) is 1.64. The summed E-state index contributed by atoms with van der Waals surface area (Å²) >= 11 is 0. The Bertz CT molecular complexity index is 725. The standard InChI is InChI=1S/C40H72O7/c1-4-6-8-10-12-14-16-24-31-38(41)45-35-26-20-18-22-29-37(47-40(43)33-28-34-44-3)30-23-19-21-27-36-46-39(42)32-25-17-15-13-11-9-7-5-2/h14-17,37H,4-13,18-36H2,1-3H3/b16-14+,17-15+. The summed E-state index contributed by atoms with van der Waals surface area (Å²) in [6.45, 7) is 5.94. The number of hydrogen-bond acceptors (Lipinski definition) is 7. The van der Waals surface area contributed by atoms with Crippen LogP contribution in [-0.2, 0) is 33.3 Å². The van der Waals surface area contributed by atoms with Crippen LogP contribution in [0.25, 0.3) is 0 Å². The third-order valence-electron chi connectivity index (χ3n) is 8.21. The fraction of sp³-hybridized carbons (Fsp3) is 0.825. The molecule has 47 heavy (non-hydrogen) atoms. The van der Waals surface area contributed by atoms with Crippen LogP contribution in [0.15, 0.2) is 24.3 Å². The van der Waals surface area contributed by atoms with Gasteiger partial charge in [0.25, 0.3) is 0 Å². The van der Waals surface area contributed by atoms with Crippen molar-refractivity contribution in [2.75, 3.05) is 26.9 Å². The fourth-order valence-electron chi connectivity index (χ4n) is 5.29. The fourth-order valence-corrected chi connectivity index (χ4v) is 5.29. The first-order valence-corrected chi connectivity index (χ1v) is 19.3. The van der Waals surface area contributed by atoms with Gasteiger partial charge in [-0.25, -0.2) is 0 Å². The summed E-state index contributed by atoms with van der Waals surface area (Å²) in [5, 5.41) is 0. The summed E-state index contributed by atoms with van der Waals surface area (Å²) in [5.74, 6) is -0.380. The van der Waals surface area contributed by atoms with Crippen LogP contribution < -0.4 is 0 Å². The van der Waals surface area contributed by atoms with E-state index in [0.717, 1.165) is 89.9 Å². The van der Waals surface area contributed by atoms with E-state index in [9.17, 15) is 14.4 Å². The molecule has 0 aromatic carbocycles. The summed E-state index contributed by atoms with van der Waals surface area (Å²) in [6, 6.07) is 0. The second-order valence-electron chi connectivity index (χ2n) is 12.8. The molecule has 0 aliphatic rings. The molecule has 0 amide bonds. The van der Waals surface area contributed by atoms with E-state index < -0.39 is 0 Å². The van der Waals surface area contributed by atoms with Crippen LogP contribution >= 0.6 is 0 Å². The molecule has 0 atom stereocenters. The highest BCUT2D eigenvalue weighted by molar-refractivity contribution is 5.70. The lowest BCUT2D eigenvalue weighted by molar-refractivity contribution is -0.150. The number of unbranched alkanes of at least 4 members (excludes halogenated alkanes) is 14. The third-order valence-corrected chi connectivity index (χ3v) is 8.21. The van der Waals surface area contributed by atoms with Gasteiger partial charge in [0.2, 0.25) is 0 Å². The van der Waals surface area contributed by atoms with Gasteiger partial charge in [-0.3, -0.25) is 14.4 Å². The molecule has 0 heterocycles. The minimum atomic E-state index is -0.149. The molecule has 0 aromatic rings. The van der Waals surface area contributed by atoms with E-state index in [1.54, 1.807) is 7.11 Å². The van der Waals surface area contributed by atoms with Gasteiger partial charge in [0, 0.05) is 33.0 Å². The Morgan fingerprint density at radius 1 is 0.468 bits per heavy atom. The molecule has 0 aliphatic carbocycles. The van der Waals surface area contributed by atoms with Gasteiger partial charge < -0.3 is 18.9 Å². The maximum atomic E-state index is 12.4.